The van der Waals surface area contributed by atoms with Crippen molar-refractivity contribution in [1.29, 1.82) is 0 Å². The Morgan fingerprint density at radius 3 is 2.57 bits per heavy atom. The lowest BCUT2D eigenvalue weighted by molar-refractivity contribution is -0.158. The highest BCUT2D eigenvalue weighted by molar-refractivity contribution is 5.99. The third-order valence-corrected chi connectivity index (χ3v) is 4.68. The number of nitrogens with zero attached hydrogens (tertiary/aromatic N) is 1. The third-order valence-electron chi connectivity index (χ3n) is 4.68. The van der Waals surface area contributed by atoms with Crippen LogP contribution in [0.15, 0.2) is 0 Å². The van der Waals surface area contributed by atoms with E-state index in [1.54, 1.807) is 11.8 Å². The van der Waals surface area contributed by atoms with Crippen molar-refractivity contribution in [3.63, 3.8) is 0 Å². The Hall–Kier alpha value is -1.10. The van der Waals surface area contributed by atoms with E-state index in [2.05, 4.69) is 19.2 Å². The van der Waals surface area contributed by atoms with E-state index >= 15 is 0 Å². The van der Waals surface area contributed by atoms with Gasteiger partial charge in [-0.15, -0.1) is 0 Å². The summed E-state index contributed by atoms with van der Waals surface area (Å²) in [5, 5.41) is 2.82. The van der Waals surface area contributed by atoms with E-state index in [9.17, 15) is 9.59 Å². The molecule has 0 aromatic rings. The van der Waals surface area contributed by atoms with Gasteiger partial charge in [0.05, 0.1) is 6.61 Å². The summed E-state index contributed by atoms with van der Waals surface area (Å²) in [7, 11) is 0. The molecule has 5 heteroatoms. The number of nitrogens with one attached hydrogen (secondary N) is 1. The number of piperazine rings is 1. The van der Waals surface area contributed by atoms with Gasteiger partial charge in [0.1, 0.15) is 11.6 Å². The second-order valence-electron chi connectivity index (χ2n) is 6.90. The first-order chi connectivity index (χ1) is 9.87. The van der Waals surface area contributed by atoms with E-state index in [0.717, 1.165) is 19.3 Å². The van der Waals surface area contributed by atoms with Crippen molar-refractivity contribution in [2.45, 2.75) is 58.5 Å². The molecule has 0 radical (unpaired) electrons. The molecule has 2 aliphatic rings. The van der Waals surface area contributed by atoms with E-state index < -0.39 is 11.6 Å². The normalized spacial score (nSPS) is 30.0. The van der Waals surface area contributed by atoms with Crippen molar-refractivity contribution in [2.75, 3.05) is 19.8 Å². The average Bonchev–Trinajstić information content (AvgIpc) is 3.24. The molecule has 0 spiro atoms. The Morgan fingerprint density at radius 1 is 1.33 bits per heavy atom. The Labute approximate surface area is 127 Å². The van der Waals surface area contributed by atoms with Crippen LogP contribution in [0.3, 0.4) is 0 Å². The minimum absolute atomic E-state index is 0.0106. The Bertz CT molecular complexity index is 406. The lowest BCUT2D eigenvalue weighted by atomic mass is 9.88. The first-order valence-corrected chi connectivity index (χ1v) is 8.07. The van der Waals surface area contributed by atoms with Crippen LogP contribution in [0.1, 0.15) is 47.0 Å². The number of hydrogen-bond acceptors (Lipinski definition) is 3. The van der Waals surface area contributed by atoms with Crippen LogP contribution in [-0.2, 0) is 14.3 Å². The van der Waals surface area contributed by atoms with Gasteiger partial charge in [-0.1, -0.05) is 13.8 Å². The molecule has 120 valence electrons. The van der Waals surface area contributed by atoms with Gasteiger partial charge in [0.15, 0.2) is 0 Å². The molecule has 1 saturated heterocycles. The molecular formula is C16H28N2O3. The summed E-state index contributed by atoms with van der Waals surface area (Å²) >= 11 is 0. The number of carbonyl (C=O) groups excluding carboxylic acids is 2. The molecule has 21 heavy (non-hydrogen) atoms. The Kier molecular flexibility index (Phi) is 4.91. The van der Waals surface area contributed by atoms with Crippen LogP contribution in [0.25, 0.3) is 0 Å². The van der Waals surface area contributed by atoms with Crippen LogP contribution in [0, 0.1) is 11.8 Å². The average molecular weight is 296 g/mol. The second kappa shape index (κ2) is 6.34. The molecule has 1 N–H and O–H groups in total. The van der Waals surface area contributed by atoms with Crippen LogP contribution in [-0.4, -0.2) is 48.1 Å². The molecule has 2 rings (SSSR count). The molecule has 1 saturated carbocycles. The van der Waals surface area contributed by atoms with Gasteiger partial charge in [-0.3, -0.25) is 9.59 Å². The SMILES string of the molecule is CC(C)CCOCCN1C(=O)C(C)NC(=O)C1(C)C1CC1. The minimum atomic E-state index is -0.689. The number of ether oxygens (including phenoxy) is 1. The topological polar surface area (TPSA) is 58.6 Å². The highest BCUT2D eigenvalue weighted by Gasteiger charge is 2.56. The largest absolute Gasteiger partial charge is 0.380 e. The minimum Gasteiger partial charge on any atom is -0.380 e. The van der Waals surface area contributed by atoms with Crippen molar-refractivity contribution >= 4 is 11.8 Å². The summed E-state index contributed by atoms with van der Waals surface area (Å²) in [5.41, 5.74) is -0.689. The molecule has 1 aliphatic carbocycles. The lowest BCUT2D eigenvalue weighted by Crippen LogP contribution is -2.70. The number of rotatable bonds is 7. The molecule has 2 unspecified atom stereocenters. The van der Waals surface area contributed by atoms with Gasteiger partial charge >= 0.3 is 0 Å². The standard InChI is InChI=1S/C16H28N2O3/c1-11(2)7-9-21-10-8-18-14(19)12(3)17-15(20)16(18,4)13-5-6-13/h11-13H,5-10H2,1-4H3,(H,17,20). The first-order valence-electron chi connectivity index (χ1n) is 8.07. The molecule has 2 atom stereocenters. The molecular weight excluding hydrogens is 268 g/mol. The fourth-order valence-corrected chi connectivity index (χ4v) is 2.96. The van der Waals surface area contributed by atoms with E-state index in [0.29, 0.717) is 31.6 Å². The number of hydrogen-bond donors (Lipinski definition) is 1. The van der Waals surface area contributed by atoms with E-state index in [-0.39, 0.29) is 11.8 Å². The first kappa shape index (κ1) is 16.3. The van der Waals surface area contributed by atoms with Crippen LogP contribution in [0.4, 0.5) is 0 Å². The van der Waals surface area contributed by atoms with Crippen molar-refractivity contribution in [3.05, 3.63) is 0 Å². The zero-order valence-electron chi connectivity index (χ0n) is 13.6. The summed E-state index contributed by atoms with van der Waals surface area (Å²) in [6.45, 7) is 9.68. The predicted octanol–water partition coefficient (Wildman–Crippen LogP) is 1.56. The molecule has 1 heterocycles. The van der Waals surface area contributed by atoms with Crippen molar-refractivity contribution in [3.8, 4) is 0 Å². The summed E-state index contributed by atoms with van der Waals surface area (Å²) in [5.74, 6) is 0.907. The highest BCUT2D eigenvalue weighted by atomic mass is 16.5. The van der Waals surface area contributed by atoms with Crippen molar-refractivity contribution in [1.82, 2.24) is 10.2 Å². The van der Waals surface area contributed by atoms with E-state index in [4.69, 9.17) is 4.74 Å². The number of amides is 2. The van der Waals surface area contributed by atoms with Gasteiger partial charge in [-0.25, -0.2) is 0 Å². The second-order valence-corrected chi connectivity index (χ2v) is 6.90. The predicted molar refractivity (Wildman–Crippen MR) is 80.7 cm³/mol. The van der Waals surface area contributed by atoms with Gasteiger partial charge in [-0.05, 0) is 44.9 Å². The molecule has 0 aromatic carbocycles. The monoisotopic (exact) mass is 296 g/mol. The summed E-state index contributed by atoms with van der Waals surface area (Å²) in [4.78, 5) is 26.6. The van der Waals surface area contributed by atoms with Gasteiger partial charge in [0, 0.05) is 13.2 Å². The molecule has 2 fully saturated rings. The quantitative estimate of drug-likeness (QED) is 0.725. The summed E-state index contributed by atoms with van der Waals surface area (Å²) in [6, 6.07) is -0.431. The van der Waals surface area contributed by atoms with Crippen molar-refractivity contribution in [2.24, 2.45) is 11.8 Å². The third kappa shape index (κ3) is 3.39. The van der Waals surface area contributed by atoms with Crippen LogP contribution < -0.4 is 5.32 Å². The molecule has 2 amide bonds. The van der Waals surface area contributed by atoms with Crippen LogP contribution >= 0.6 is 0 Å². The zero-order valence-corrected chi connectivity index (χ0v) is 13.6. The molecule has 0 bridgehead atoms. The maximum Gasteiger partial charge on any atom is 0.246 e. The molecule has 0 aromatic heterocycles. The van der Waals surface area contributed by atoms with Crippen LogP contribution in [0.2, 0.25) is 0 Å². The van der Waals surface area contributed by atoms with Gasteiger partial charge in [0.2, 0.25) is 11.8 Å². The smallest absolute Gasteiger partial charge is 0.246 e. The fraction of sp³-hybridized carbons (Fsp3) is 0.875. The molecule has 1 aliphatic heterocycles. The fourth-order valence-electron chi connectivity index (χ4n) is 2.96. The maximum absolute atomic E-state index is 12.4. The van der Waals surface area contributed by atoms with Gasteiger partial charge in [0.25, 0.3) is 0 Å². The van der Waals surface area contributed by atoms with Crippen LogP contribution in [0.5, 0.6) is 0 Å². The van der Waals surface area contributed by atoms with Crippen molar-refractivity contribution < 1.29 is 14.3 Å². The Morgan fingerprint density at radius 2 is 2.00 bits per heavy atom. The van der Waals surface area contributed by atoms with E-state index in [1.807, 2.05) is 6.92 Å². The zero-order chi connectivity index (χ0) is 15.6. The summed E-state index contributed by atoms with van der Waals surface area (Å²) < 4.78 is 5.63. The Balaban J connectivity index is 1.95. The van der Waals surface area contributed by atoms with E-state index in [1.165, 1.54) is 0 Å². The highest BCUT2D eigenvalue weighted by Crippen LogP contribution is 2.44. The summed E-state index contributed by atoms with van der Waals surface area (Å²) in [6.07, 6.45) is 3.07. The maximum atomic E-state index is 12.4. The van der Waals surface area contributed by atoms with Gasteiger partial charge < -0.3 is 15.0 Å². The lowest BCUT2D eigenvalue weighted by Gasteiger charge is -2.46. The number of carbonyl (C=O) groups is 2. The van der Waals surface area contributed by atoms with Gasteiger partial charge in [-0.2, -0.15) is 0 Å². The molecule has 5 nitrogen and oxygen atoms in total.